The predicted molar refractivity (Wildman–Crippen MR) is 226 cm³/mol. The Morgan fingerprint density at radius 2 is 1.31 bits per heavy atom. The summed E-state index contributed by atoms with van der Waals surface area (Å²) in [6.45, 7) is 8.87. The summed E-state index contributed by atoms with van der Waals surface area (Å²) in [4.78, 5) is 27.5. The normalized spacial score (nSPS) is 17.1. The summed E-state index contributed by atoms with van der Waals surface area (Å²) >= 11 is 0. The van der Waals surface area contributed by atoms with Crippen LogP contribution in [0.5, 0.6) is 0 Å². The maximum absolute atomic E-state index is 13.5. The van der Waals surface area contributed by atoms with Gasteiger partial charge in [-0.05, 0) is 57.4 Å². The Balaban J connectivity index is 1.80. The highest BCUT2D eigenvalue weighted by Crippen LogP contribution is 2.50. The number of allylic oxidation sites excluding steroid dienone is 6. The molecule has 0 radical (unpaired) electrons. The third-order valence-electron chi connectivity index (χ3n) is 10.1. The molecular formula is C39H51N2O16S4+. The average Bonchev–Trinajstić information content (AvgIpc) is 3.48. The van der Waals surface area contributed by atoms with Crippen molar-refractivity contribution in [3.63, 3.8) is 0 Å². The lowest BCUT2D eigenvalue weighted by Crippen LogP contribution is -2.29. The molecular weight excluding hydrogens is 881 g/mol. The highest BCUT2D eigenvalue weighted by molar-refractivity contribution is 7.86. The molecule has 18 nitrogen and oxygen atoms in total. The second kappa shape index (κ2) is 19.0. The minimum atomic E-state index is -4.94. The van der Waals surface area contributed by atoms with Crippen molar-refractivity contribution in [1.29, 1.82) is 0 Å². The second-order valence-corrected chi connectivity index (χ2v) is 21.6. The van der Waals surface area contributed by atoms with Crippen molar-refractivity contribution < 1.29 is 75.5 Å². The molecule has 2 heterocycles. The maximum atomic E-state index is 13.5. The summed E-state index contributed by atoms with van der Waals surface area (Å²) in [7, 11) is -18.0. The van der Waals surface area contributed by atoms with Gasteiger partial charge in [0.15, 0.2) is 5.71 Å². The Morgan fingerprint density at radius 1 is 0.721 bits per heavy atom. The third-order valence-corrected chi connectivity index (χ3v) is 13.3. The molecule has 0 atom stereocenters. The number of hydrogen-bond acceptors (Lipinski definition) is 13. The van der Waals surface area contributed by atoms with E-state index < -0.39 is 92.0 Å². The van der Waals surface area contributed by atoms with Crippen LogP contribution in [-0.2, 0) is 60.8 Å². The fourth-order valence-corrected chi connectivity index (χ4v) is 9.56. The molecule has 2 aliphatic heterocycles. The summed E-state index contributed by atoms with van der Waals surface area (Å²) in [6, 6.07) is 7.18. The Morgan fingerprint density at radius 3 is 1.92 bits per heavy atom. The Labute approximate surface area is 356 Å². The zero-order valence-electron chi connectivity index (χ0n) is 34.3. The van der Waals surface area contributed by atoms with Crippen LogP contribution >= 0.6 is 0 Å². The molecule has 0 saturated heterocycles. The number of hydrogen-bond donors (Lipinski definition) is 4. The summed E-state index contributed by atoms with van der Waals surface area (Å²) in [5.41, 5.74) is 0.870. The van der Waals surface area contributed by atoms with Crippen molar-refractivity contribution in [3.05, 3.63) is 88.7 Å². The molecule has 2 aliphatic rings. The predicted octanol–water partition coefficient (Wildman–Crippen LogP) is 4.66. The van der Waals surface area contributed by atoms with Crippen LogP contribution in [0.3, 0.4) is 0 Å². The number of fused-ring (bicyclic) bond motifs is 2. The largest absolute Gasteiger partial charge is 0.462 e. The highest BCUT2D eigenvalue weighted by Gasteiger charge is 2.47. The summed E-state index contributed by atoms with van der Waals surface area (Å²) in [5.74, 6) is -3.46. The highest BCUT2D eigenvalue weighted by atomic mass is 32.2. The molecule has 0 aliphatic carbocycles. The van der Waals surface area contributed by atoms with Gasteiger partial charge in [0.05, 0.1) is 57.5 Å². The van der Waals surface area contributed by atoms with Crippen LogP contribution in [0, 0.1) is 0 Å². The van der Waals surface area contributed by atoms with Gasteiger partial charge in [0.25, 0.3) is 40.5 Å². The summed E-state index contributed by atoms with van der Waals surface area (Å²) < 4.78 is 144. The number of ether oxygens (including phenoxy) is 2. The van der Waals surface area contributed by atoms with E-state index in [1.54, 1.807) is 67.3 Å². The standard InChI is InChI=1S/C39H50N2O16S4/c1-6-20-56-36(42)28-14-10-15-30-34(28)38(2,3)32(40(30)18-11-22-58(44,45)46)16-8-7-9-17-33-39(4,5)35-29(37(43)57-21-13-24-60(50,51)52)25-27(61(53,54)55)26-31(35)41(33)19-12-23-59(47,48)49/h7-10,14-17,25-26H,6,11-13,18-24H2,1-5H3,(H3-,44,45,46,47,48,49,50,51,52,53,54,55)/p+1. The van der Waals surface area contributed by atoms with E-state index in [1.165, 1.54) is 0 Å². The first kappa shape index (κ1) is 49.4. The Kier molecular flexibility index (Phi) is 15.4. The number of rotatable bonds is 20. The monoisotopic (exact) mass is 931 g/mol. The molecule has 0 bridgehead atoms. The number of nitrogens with zero attached hydrogens (tertiary/aromatic N) is 2. The Bertz CT molecular complexity index is 2630. The van der Waals surface area contributed by atoms with Crippen molar-refractivity contribution in [1.82, 2.24) is 0 Å². The van der Waals surface area contributed by atoms with Crippen LogP contribution in [0.25, 0.3) is 0 Å². The molecule has 0 amide bonds. The second-order valence-electron chi connectivity index (χ2n) is 15.5. The minimum absolute atomic E-state index is 0.0561. The van der Waals surface area contributed by atoms with E-state index in [0.29, 0.717) is 34.6 Å². The fraction of sp³-hybridized carbons (Fsp3) is 0.462. The zero-order valence-corrected chi connectivity index (χ0v) is 37.5. The van der Waals surface area contributed by atoms with Gasteiger partial charge in [-0.15, -0.1) is 0 Å². The number of carbonyl (C=O) groups is 2. The van der Waals surface area contributed by atoms with E-state index in [4.69, 9.17) is 14.0 Å². The van der Waals surface area contributed by atoms with Gasteiger partial charge in [0.1, 0.15) is 6.54 Å². The molecule has 0 unspecified atom stereocenters. The number of esters is 2. The van der Waals surface area contributed by atoms with Gasteiger partial charge < -0.3 is 14.4 Å². The first-order valence-corrected chi connectivity index (χ1v) is 25.3. The van der Waals surface area contributed by atoms with Gasteiger partial charge in [-0.25, -0.2) is 9.59 Å². The molecule has 4 N–H and O–H groups in total. The van der Waals surface area contributed by atoms with Gasteiger partial charge >= 0.3 is 11.9 Å². The van der Waals surface area contributed by atoms with Crippen LogP contribution < -0.4 is 4.90 Å². The first-order valence-electron chi connectivity index (χ1n) is 19.1. The number of benzene rings is 2. The molecule has 336 valence electrons. The van der Waals surface area contributed by atoms with E-state index in [-0.39, 0.29) is 55.8 Å². The van der Waals surface area contributed by atoms with E-state index in [0.717, 1.165) is 12.1 Å². The van der Waals surface area contributed by atoms with Crippen molar-refractivity contribution in [2.24, 2.45) is 0 Å². The van der Waals surface area contributed by atoms with Crippen LogP contribution in [0.4, 0.5) is 11.4 Å². The first-order chi connectivity index (χ1) is 28.1. The van der Waals surface area contributed by atoms with Gasteiger partial charge in [0.2, 0.25) is 5.69 Å². The zero-order chi connectivity index (χ0) is 45.8. The Hall–Kier alpha value is -4.29. The van der Waals surface area contributed by atoms with Crippen molar-refractivity contribution >= 4 is 69.5 Å². The number of carbonyl (C=O) groups excluding carboxylic acids is 2. The van der Waals surface area contributed by atoms with Crippen LogP contribution in [-0.4, -0.2) is 118 Å². The molecule has 0 spiro atoms. The van der Waals surface area contributed by atoms with Crippen molar-refractivity contribution in [3.8, 4) is 0 Å². The summed E-state index contributed by atoms with van der Waals surface area (Å²) in [5, 5.41) is 0. The van der Waals surface area contributed by atoms with Gasteiger partial charge in [0, 0.05) is 47.5 Å². The van der Waals surface area contributed by atoms with Gasteiger partial charge in [-0.3, -0.25) is 18.2 Å². The molecule has 0 aromatic heterocycles. The SMILES string of the molecule is CCCOC(=O)c1cccc2c1C(C)(C)C(/C=C/C=C/C=C1/N(CCCS(=O)(=O)O)c3cc(S(=O)(=O)O)cc(C(=O)OCCCS(=O)(=O)O)c3C1(C)C)=[N+]2CCCS(=O)(=O)O. The topological polar surface area (TPSA) is 276 Å². The van der Waals surface area contributed by atoms with Crippen LogP contribution in [0.15, 0.2) is 71.3 Å². The van der Waals surface area contributed by atoms with Gasteiger partial charge in [-0.2, -0.15) is 38.2 Å². The van der Waals surface area contributed by atoms with Crippen LogP contribution in [0.1, 0.15) is 92.1 Å². The average molecular weight is 932 g/mol. The fourth-order valence-electron chi connectivity index (χ4n) is 7.57. The molecule has 61 heavy (non-hydrogen) atoms. The van der Waals surface area contributed by atoms with E-state index in [2.05, 4.69) is 0 Å². The van der Waals surface area contributed by atoms with Crippen molar-refractivity contribution in [2.75, 3.05) is 48.5 Å². The van der Waals surface area contributed by atoms with E-state index in [1.807, 2.05) is 25.3 Å². The number of anilines is 1. The molecule has 0 saturated carbocycles. The van der Waals surface area contributed by atoms with E-state index in [9.17, 15) is 56.9 Å². The quantitative estimate of drug-likeness (QED) is 0.0462. The summed E-state index contributed by atoms with van der Waals surface area (Å²) in [6.07, 6.45) is 8.60. The lowest BCUT2D eigenvalue weighted by atomic mass is 9.79. The molecule has 22 heteroatoms. The van der Waals surface area contributed by atoms with E-state index >= 15 is 0 Å². The molecule has 4 rings (SSSR count). The lowest BCUT2D eigenvalue weighted by molar-refractivity contribution is -0.437. The molecule has 2 aromatic carbocycles. The molecule has 2 aromatic rings. The maximum Gasteiger partial charge on any atom is 0.338 e. The van der Waals surface area contributed by atoms with Crippen LogP contribution in [0.2, 0.25) is 0 Å². The van der Waals surface area contributed by atoms with Crippen molar-refractivity contribution in [2.45, 2.75) is 76.0 Å². The molecule has 0 fully saturated rings. The lowest BCUT2D eigenvalue weighted by Gasteiger charge is -2.27. The van der Waals surface area contributed by atoms with Gasteiger partial charge in [-0.1, -0.05) is 45.1 Å². The minimum Gasteiger partial charge on any atom is -0.462 e. The third kappa shape index (κ3) is 12.4. The smallest absolute Gasteiger partial charge is 0.338 e.